The number of rotatable bonds is 11. The molecule has 0 aromatic carbocycles. The lowest BCUT2D eigenvalue weighted by Gasteiger charge is -2.46. The van der Waals surface area contributed by atoms with Crippen LogP contribution in [0.4, 0.5) is 119 Å². The van der Waals surface area contributed by atoms with E-state index in [4.69, 9.17) is 0 Å². The minimum Gasteiger partial charge on any atom is -0.195 e. The summed E-state index contributed by atoms with van der Waals surface area (Å²) in [7, 11) is -10.6. The molecular weight excluding hydrogens is 703 g/mol. The van der Waals surface area contributed by atoms with Crippen molar-refractivity contribution in [1.29, 1.82) is 0 Å². The molecule has 0 aliphatic rings. The molecule has 0 unspecified atom stereocenters. The highest BCUT2D eigenvalue weighted by Gasteiger charge is 2.98. The molecule has 0 aromatic heterocycles. The van der Waals surface area contributed by atoms with E-state index in [0.717, 1.165) is 0 Å². The summed E-state index contributed by atoms with van der Waals surface area (Å²) in [5.41, 5.74) is -8.55. The fraction of sp³-hybridized carbons (Fsp3) is 1.00. The zero-order valence-electron chi connectivity index (χ0n) is 17.0. The van der Waals surface area contributed by atoms with E-state index in [0.29, 0.717) is 0 Å². The molecule has 0 aliphatic heterocycles. The predicted molar refractivity (Wildman–Crippen MR) is 68.5 cm³/mol. The largest absolute Gasteiger partial charge is 0.543 e. The Morgan fingerprint density at radius 2 is 0.561 bits per heavy atom. The van der Waals surface area contributed by atoms with E-state index in [2.05, 4.69) is 0 Å². The van der Waals surface area contributed by atoms with E-state index in [1.807, 2.05) is 0 Å². The molecule has 0 spiro atoms. The molecule has 0 rings (SSSR count). The van der Waals surface area contributed by atoms with Gasteiger partial charge in [-0.3, -0.25) is 0 Å². The molecule has 31 heteroatoms. The Balaban J connectivity index is 7.57. The SMILES string of the molecule is FN(F)[Si](N(F)F)(N(F)C(F)(F)C(F)(F)C(F)(F)C(F)(F)C(F)(F)C(F)(F)C(F)(F)C(F)(F)F)C(F)(F)C(F)(F)F. The summed E-state index contributed by atoms with van der Waals surface area (Å²) in [6.07, 6.45) is -16.4. The fourth-order valence-electron chi connectivity index (χ4n) is 2.19. The van der Waals surface area contributed by atoms with Gasteiger partial charge >= 0.3 is 68.0 Å². The predicted octanol–water partition coefficient (Wildman–Crippen LogP) is 7.96. The molecule has 0 N–H and O–H groups in total. The lowest BCUT2D eigenvalue weighted by Crippen LogP contribution is -2.84. The first kappa shape index (κ1) is 39.2. The van der Waals surface area contributed by atoms with Crippen LogP contribution in [0.15, 0.2) is 0 Å². The Kier molecular flexibility index (Phi) is 9.44. The summed E-state index contributed by atoms with van der Waals surface area (Å²) < 4.78 is 351. The van der Waals surface area contributed by atoms with Crippen molar-refractivity contribution >= 4 is 8.56 Å². The van der Waals surface area contributed by atoms with Gasteiger partial charge in [-0.15, -0.1) is 22.4 Å². The van der Waals surface area contributed by atoms with Gasteiger partial charge in [0, 0.05) is 10.0 Å². The molecule has 0 heterocycles. The van der Waals surface area contributed by atoms with Crippen molar-refractivity contribution in [1.82, 2.24) is 14.8 Å². The number of alkyl halides is 22. The van der Waals surface area contributed by atoms with Gasteiger partial charge in [-0.2, -0.15) is 96.6 Å². The van der Waals surface area contributed by atoms with Crippen molar-refractivity contribution in [2.45, 2.75) is 59.5 Å². The molecule has 0 atom stereocenters. The number of hydrogen-bond donors (Lipinski definition) is 0. The van der Waals surface area contributed by atoms with Gasteiger partial charge in [0.15, 0.2) is 0 Å². The summed E-state index contributed by atoms with van der Waals surface area (Å²) in [6, 6.07) is -9.27. The zero-order chi connectivity index (χ0) is 34.2. The zero-order valence-corrected chi connectivity index (χ0v) is 18.0. The van der Waals surface area contributed by atoms with Crippen LogP contribution >= 0.6 is 0 Å². The van der Waals surface area contributed by atoms with Gasteiger partial charge in [0.05, 0.1) is 0 Å². The number of halogens is 27. The highest BCUT2D eigenvalue weighted by Crippen LogP contribution is 2.65. The van der Waals surface area contributed by atoms with Crippen LogP contribution in [0.1, 0.15) is 0 Å². The van der Waals surface area contributed by atoms with Crippen LogP contribution in [0.5, 0.6) is 0 Å². The monoisotopic (exact) mass is 703 g/mol. The Bertz CT molecular complexity index is 923. The highest BCUT2D eigenvalue weighted by atomic mass is 28.4. The van der Waals surface area contributed by atoms with Gasteiger partial charge in [-0.1, -0.05) is 4.79 Å². The Morgan fingerprint density at radius 1 is 0.317 bits per heavy atom. The number of hydrogen-bond acceptors (Lipinski definition) is 3. The van der Waals surface area contributed by atoms with Crippen LogP contribution in [0, 0.1) is 0 Å². The fourth-order valence-corrected chi connectivity index (χ4v) is 4.15. The van der Waals surface area contributed by atoms with Crippen LogP contribution in [-0.2, 0) is 0 Å². The van der Waals surface area contributed by atoms with Crippen LogP contribution < -0.4 is 0 Å². The maximum atomic E-state index is 13.8. The van der Waals surface area contributed by atoms with Crippen molar-refractivity contribution < 1.29 is 119 Å². The quantitative estimate of drug-likeness (QED) is 0.0937. The molecule has 0 radical (unpaired) electrons. The summed E-state index contributed by atoms with van der Waals surface area (Å²) in [5, 5.41) is -9.46. The topological polar surface area (TPSA) is 9.72 Å². The second-order valence-electron chi connectivity index (χ2n) is 6.94. The van der Waals surface area contributed by atoms with E-state index in [-0.39, 0.29) is 0 Å². The molecule has 0 aromatic rings. The summed E-state index contributed by atoms with van der Waals surface area (Å²) in [4.78, 5) is -5.27. The minimum absolute atomic E-state index is 4.73. The average molecular weight is 703 g/mol. The second-order valence-corrected chi connectivity index (χ2v) is 9.91. The van der Waals surface area contributed by atoms with Gasteiger partial charge in [0.2, 0.25) is 0 Å². The van der Waals surface area contributed by atoms with Gasteiger partial charge in [0.25, 0.3) is 0 Å². The van der Waals surface area contributed by atoms with Gasteiger partial charge in [0.1, 0.15) is 0 Å². The molecule has 0 fully saturated rings. The summed E-state index contributed by atoms with van der Waals surface area (Å²) in [5.74, 6) is -56.0. The summed E-state index contributed by atoms with van der Waals surface area (Å²) in [6.45, 7) is 0. The Morgan fingerprint density at radius 3 is 0.780 bits per heavy atom. The molecule has 248 valence electrons. The van der Waals surface area contributed by atoms with Crippen molar-refractivity contribution in [2.24, 2.45) is 0 Å². The lowest BCUT2D eigenvalue weighted by molar-refractivity contribution is -0.471. The maximum absolute atomic E-state index is 13.8. The molecule has 41 heavy (non-hydrogen) atoms. The van der Waals surface area contributed by atoms with E-state index >= 15 is 0 Å². The van der Waals surface area contributed by atoms with E-state index in [1.54, 1.807) is 0 Å². The molecule has 0 saturated carbocycles. The number of nitrogens with zero attached hydrogens (tertiary/aromatic N) is 3. The third-order valence-corrected chi connectivity index (χ3v) is 7.37. The standard InChI is InChI=1S/C10F27N3Si/c11-1(12,3(15,16)5(19,20)7(23,24)25)2(13,14)4(17,18)6(21,22)9(29,30)38(33)41(39(34)35,40(36)37)10(31,32)8(26,27)28. The minimum atomic E-state index is -10.6. The van der Waals surface area contributed by atoms with Crippen molar-refractivity contribution in [3.63, 3.8) is 0 Å². The molecule has 0 aliphatic carbocycles. The molecule has 0 bridgehead atoms. The first-order valence-electron chi connectivity index (χ1n) is 8.15. The van der Waals surface area contributed by atoms with Crippen molar-refractivity contribution in [3.05, 3.63) is 0 Å². The third-order valence-electron chi connectivity index (χ3n) is 4.47. The molecule has 0 amide bonds. The van der Waals surface area contributed by atoms with Crippen molar-refractivity contribution in [2.75, 3.05) is 0 Å². The lowest BCUT2D eigenvalue weighted by atomic mass is 9.90. The van der Waals surface area contributed by atoms with Crippen LogP contribution in [0.25, 0.3) is 0 Å². The first-order chi connectivity index (χ1) is 17.3. The van der Waals surface area contributed by atoms with Crippen LogP contribution in [0.2, 0.25) is 0 Å². The average Bonchev–Trinajstić information content (AvgIpc) is 2.70. The Labute approximate surface area is 203 Å². The van der Waals surface area contributed by atoms with E-state index in [1.165, 1.54) is 0 Å². The summed E-state index contributed by atoms with van der Waals surface area (Å²) >= 11 is 0. The maximum Gasteiger partial charge on any atom is 0.543 e. The molecule has 3 nitrogen and oxygen atoms in total. The Hall–Kier alpha value is -1.79. The highest BCUT2D eigenvalue weighted by molar-refractivity contribution is 6.72. The van der Waals surface area contributed by atoms with Crippen molar-refractivity contribution in [3.8, 4) is 0 Å². The molecular formula is C10F27N3Si. The normalized spacial score (nSPS) is 16.8. The van der Waals surface area contributed by atoms with Gasteiger partial charge in [-0.05, 0) is 0 Å². The second kappa shape index (κ2) is 9.87. The smallest absolute Gasteiger partial charge is 0.195 e. The van der Waals surface area contributed by atoms with Gasteiger partial charge < -0.3 is 0 Å². The molecule has 0 saturated heterocycles. The van der Waals surface area contributed by atoms with Gasteiger partial charge in [-0.25, -0.2) is 0 Å². The van der Waals surface area contributed by atoms with Crippen LogP contribution in [0.3, 0.4) is 0 Å². The van der Waals surface area contributed by atoms with E-state index in [9.17, 15) is 119 Å². The van der Waals surface area contributed by atoms with Crippen LogP contribution in [-0.4, -0.2) is 82.8 Å². The first-order valence-corrected chi connectivity index (χ1v) is 9.99. The third kappa shape index (κ3) is 4.70. The van der Waals surface area contributed by atoms with E-state index < -0.39 is 82.8 Å².